The van der Waals surface area contributed by atoms with Crippen LogP contribution in [0.25, 0.3) is 0 Å². The first-order valence-corrected chi connectivity index (χ1v) is 5.47. The molecule has 0 fully saturated rings. The predicted octanol–water partition coefficient (Wildman–Crippen LogP) is -0.256. The predicted molar refractivity (Wildman–Crippen MR) is 52.1 cm³/mol. The Bertz CT molecular complexity index is 339. The van der Waals surface area contributed by atoms with Crippen LogP contribution < -0.4 is 0 Å². The van der Waals surface area contributed by atoms with Crippen LogP contribution in [0.3, 0.4) is 0 Å². The van der Waals surface area contributed by atoms with E-state index in [2.05, 4.69) is 5.92 Å². The summed E-state index contributed by atoms with van der Waals surface area (Å²) in [5.41, 5.74) is 0. The van der Waals surface area contributed by atoms with Crippen molar-refractivity contribution in [2.45, 2.75) is 19.1 Å². The van der Waals surface area contributed by atoms with Gasteiger partial charge in [-0.2, -0.15) is 4.31 Å². The van der Waals surface area contributed by atoms with Crippen molar-refractivity contribution >= 4 is 16.0 Å². The molecule has 80 valence electrons. The largest absolute Gasteiger partial charge is 0.480 e. The Balaban J connectivity index is 4.84. The standard InChI is InChI=1S/C8H13NO4S/c1-4-5-9(6-8(10)11)14(12,13)7(2)3/h1,7H,5-6H2,2-3H3,(H,10,11). The number of carboxylic acid groups (broad SMARTS) is 1. The summed E-state index contributed by atoms with van der Waals surface area (Å²) in [7, 11) is -3.59. The van der Waals surface area contributed by atoms with Gasteiger partial charge in [-0.1, -0.05) is 5.92 Å². The van der Waals surface area contributed by atoms with Crippen LogP contribution in [-0.2, 0) is 14.8 Å². The van der Waals surface area contributed by atoms with Crippen molar-refractivity contribution in [1.82, 2.24) is 4.31 Å². The second kappa shape index (κ2) is 4.98. The Morgan fingerprint density at radius 2 is 2.07 bits per heavy atom. The number of rotatable bonds is 5. The van der Waals surface area contributed by atoms with Crippen molar-refractivity contribution in [3.63, 3.8) is 0 Å². The Morgan fingerprint density at radius 1 is 1.57 bits per heavy atom. The molecule has 0 aliphatic carbocycles. The Morgan fingerprint density at radius 3 is 2.36 bits per heavy atom. The summed E-state index contributed by atoms with van der Waals surface area (Å²) in [6, 6.07) is 0. The molecule has 0 saturated heterocycles. The van der Waals surface area contributed by atoms with Crippen LogP contribution in [0.5, 0.6) is 0 Å². The van der Waals surface area contributed by atoms with Gasteiger partial charge in [0.1, 0.15) is 6.54 Å². The van der Waals surface area contributed by atoms with Crippen molar-refractivity contribution < 1.29 is 18.3 Å². The fourth-order valence-corrected chi connectivity index (χ4v) is 1.93. The molecule has 0 radical (unpaired) electrons. The second-order valence-corrected chi connectivity index (χ2v) is 5.45. The molecule has 0 spiro atoms. The van der Waals surface area contributed by atoms with E-state index in [1.54, 1.807) is 0 Å². The summed E-state index contributed by atoms with van der Waals surface area (Å²) in [6.45, 7) is 2.14. The lowest BCUT2D eigenvalue weighted by Crippen LogP contribution is -2.40. The summed E-state index contributed by atoms with van der Waals surface area (Å²) in [4.78, 5) is 10.4. The van der Waals surface area contributed by atoms with Crippen molar-refractivity contribution in [2.75, 3.05) is 13.1 Å². The third-order valence-corrected chi connectivity index (χ3v) is 3.70. The van der Waals surface area contributed by atoms with Gasteiger partial charge in [0, 0.05) is 0 Å². The van der Waals surface area contributed by atoms with Gasteiger partial charge in [-0.05, 0) is 13.8 Å². The van der Waals surface area contributed by atoms with Crippen LogP contribution in [0.2, 0.25) is 0 Å². The molecule has 0 bridgehead atoms. The Labute approximate surface area is 83.8 Å². The number of nitrogens with zero attached hydrogens (tertiary/aromatic N) is 1. The van der Waals surface area contributed by atoms with E-state index < -0.39 is 27.8 Å². The number of terminal acetylenes is 1. The van der Waals surface area contributed by atoms with Gasteiger partial charge in [-0.25, -0.2) is 8.42 Å². The number of hydrogen-bond acceptors (Lipinski definition) is 3. The lowest BCUT2D eigenvalue weighted by molar-refractivity contribution is -0.137. The van der Waals surface area contributed by atoms with Crippen LogP contribution >= 0.6 is 0 Å². The van der Waals surface area contributed by atoms with E-state index in [-0.39, 0.29) is 6.54 Å². The lowest BCUT2D eigenvalue weighted by Gasteiger charge is -2.19. The molecule has 0 rings (SSSR count). The van der Waals surface area contributed by atoms with Gasteiger partial charge >= 0.3 is 5.97 Å². The Kier molecular flexibility index (Phi) is 4.60. The smallest absolute Gasteiger partial charge is 0.318 e. The maximum Gasteiger partial charge on any atom is 0.318 e. The van der Waals surface area contributed by atoms with Gasteiger partial charge in [-0.15, -0.1) is 6.42 Å². The normalized spacial score (nSPS) is 11.6. The van der Waals surface area contributed by atoms with Gasteiger partial charge in [0.15, 0.2) is 0 Å². The van der Waals surface area contributed by atoms with Gasteiger partial charge in [0.05, 0.1) is 11.8 Å². The second-order valence-electron chi connectivity index (χ2n) is 2.96. The summed E-state index contributed by atoms with van der Waals surface area (Å²) in [5, 5.41) is 7.81. The minimum absolute atomic E-state index is 0.215. The number of hydrogen-bond donors (Lipinski definition) is 1. The maximum absolute atomic E-state index is 11.5. The quantitative estimate of drug-likeness (QED) is 0.647. The molecule has 0 amide bonds. The molecule has 0 unspecified atom stereocenters. The van der Waals surface area contributed by atoms with Crippen LogP contribution in [0.15, 0.2) is 0 Å². The molecular formula is C8H13NO4S. The minimum atomic E-state index is -3.59. The highest BCUT2D eigenvalue weighted by Gasteiger charge is 2.26. The molecule has 0 aliphatic heterocycles. The molecule has 0 aromatic rings. The molecule has 14 heavy (non-hydrogen) atoms. The van der Waals surface area contributed by atoms with Gasteiger partial charge in [-0.3, -0.25) is 4.79 Å². The molecule has 0 heterocycles. The Hall–Kier alpha value is -1.06. The monoisotopic (exact) mass is 219 g/mol. The molecule has 6 heteroatoms. The minimum Gasteiger partial charge on any atom is -0.480 e. The van der Waals surface area contributed by atoms with E-state index in [1.165, 1.54) is 13.8 Å². The third kappa shape index (κ3) is 3.36. The first kappa shape index (κ1) is 12.9. The highest BCUT2D eigenvalue weighted by atomic mass is 32.2. The maximum atomic E-state index is 11.5. The van der Waals surface area contributed by atoms with Crippen molar-refractivity contribution in [1.29, 1.82) is 0 Å². The fourth-order valence-electron chi connectivity index (χ4n) is 0.787. The number of carbonyl (C=O) groups is 1. The molecule has 5 nitrogen and oxygen atoms in total. The molecule has 0 saturated carbocycles. The highest BCUT2D eigenvalue weighted by molar-refractivity contribution is 7.89. The lowest BCUT2D eigenvalue weighted by atomic mass is 10.6. The van der Waals surface area contributed by atoms with Crippen LogP contribution in [0.1, 0.15) is 13.8 Å². The molecule has 0 aromatic heterocycles. The molecule has 0 atom stereocenters. The van der Waals surface area contributed by atoms with Crippen LogP contribution in [0.4, 0.5) is 0 Å². The first-order valence-electron chi connectivity index (χ1n) is 3.96. The molecule has 1 N–H and O–H groups in total. The zero-order valence-corrected chi connectivity index (χ0v) is 8.91. The van der Waals surface area contributed by atoms with Gasteiger partial charge in [0.2, 0.25) is 10.0 Å². The average molecular weight is 219 g/mol. The average Bonchev–Trinajstić information content (AvgIpc) is 2.02. The summed E-state index contributed by atoms with van der Waals surface area (Å²) in [6.07, 6.45) is 4.95. The summed E-state index contributed by atoms with van der Waals surface area (Å²) >= 11 is 0. The van der Waals surface area contributed by atoms with E-state index in [0.717, 1.165) is 4.31 Å². The highest BCUT2D eigenvalue weighted by Crippen LogP contribution is 2.07. The van der Waals surface area contributed by atoms with E-state index in [0.29, 0.717) is 0 Å². The van der Waals surface area contributed by atoms with Crippen molar-refractivity contribution in [3.8, 4) is 12.3 Å². The van der Waals surface area contributed by atoms with Crippen molar-refractivity contribution in [2.24, 2.45) is 0 Å². The van der Waals surface area contributed by atoms with E-state index in [9.17, 15) is 13.2 Å². The summed E-state index contributed by atoms with van der Waals surface area (Å²) in [5.74, 6) is 0.899. The van der Waals surface area contributed by atoms with Crippen LogP contribution in [0, 0.1) is 12.3 Å². The van der Waals surface area contributed by atoms with E-state index >= 15 is 0 Å². The SMILES string of the molecule is C#CCN(CC(=O)O)S(=O)(=O)C(C)C. The van der Waals surface area contributed by atoms with Gasteiger partial charge in [0.25, 0.3) is 0 Å². The van der Waals surface area contributed by atoms with E-state index in [1.807, 2.05) is 0 Å². The first-order chi connectivity index (χ1) is 6.32. The van der Waals surface area contributed by atoms with Crippen LogP contribution in [-0.4, -0.2) is 42.1 Å². The number of carboxylic acids is 1. The zero-order chi connectivity index (χ0) is 11.4. The number of aliphatic carboxylic acids is 1. The van der Waals surface area contributed by atoms with E-state index in [4.69, 9.17) is 11.5 Å². The molecule has 0 aromatic carbocycles. The zero-order valence-electron chi connectivity index (χ0n) is 8.10. The topological polar surface area (TPSA) is 74.7 Å². The molecule has 0 aliphatic rings. The number of sulfonamides is 1. The van der Waals surface area contributed by atoms with Gasteiger partial charge < -0.3 is 5.11 Å². The third-order valence-electron chi connectivity index (χ3n) is 1.53. The summed E-state index contributed by atoms with van der Waals surface area (Å²) < 4.78 is 23.8. The van der Waals surface area contributed by atoms with Crippen molar-refractivity contribution in [3.05, 3.63) is 0 Å². The fraction of sp³-hybridized carbons (Fsp3) is 0.625. The molecular weight excluding hydrogens is 206 g/mol.